The number of hydrogen-bond acceptors (Lipinski definition) is 2. The van der Waals surface area contributed by atoms with Crippen molar-refractivity contribution in [2.24, 2.45) is 0 Å². The van der Waals surface area contributed by atoms with Crippen molar-refractivity contribution in [3.05, 3.63) is 57.0 Å². The van der Waals surface area contributed by atoms with E-state index in [9.17, 15) is 17.6 Å². The minimum atomic E-state index is -4.67. The first-order valence-corrected chi connectivity index (χ1v) is 7.36. The van der Waals surface area contributed by atoms with Gasteiger partial charge in [-0.25, -0.2) is 4.39 Å². The molecule has 2 aromatic rings. The van der Waals surface area contributed by atoms with Gasteiger partial charge in [-0.2, -0.15) is 13.2 Å². The number of hydrogen-bond donors (Lipinski definition) is 1. The van der Waals surface area contributed by atoms with Gasteiger partial charge in [-0.1, -0.05) is 13.0 Å². The Morgan fingerprint density at radius 2 is 1.95 bits per heavy atom. The highest BCUT2D eigenvalue weighted by molar-refractivity contribution is 7.10. The third-order valence-corrected chi connectivity index (χ3v) is 4.37. The van der Waals surface area contributed by atoms with Crippen molar-refractivity contribution in [2.75, 3.05) is 7.05 Å². The molecule has 114 valence electrons. The van der Waals surface area contributed by atoms with Crippen molar-refractivity contribution in [1.29, 1.82) is 0 Å². The Hall–Kier alpha value is -1.40. The lowest BCUT2D eigenvalue weighted by molar-refractivity contribution is -0.140. The highest BCUT2D eigenvalue weighted by atomic mass is 32.1. The Morgan fingerprint density at radius 3 is 2.48 bits per heavy atom. The first kappa shape index (κ1) is 16.0. The van der Waals surface area contributed by atoms with Crippen LogP contribution in [0.5, 0.6) is 0 Å². The number of alkyl halides is 3. The molecule has 1 heterocycles. The lowest BCUT2D eigenvalue weighted by Crippen LogP contribution is -2.18. The van der Waals surface area contributed by atoms with Gasteiger partial charge in [-0.3, -0.25) is 0 Å². The van der Waals surface area contributed by atoms with Crippen molar-refractivity contribution in [1.82, 2.24) is 5.32 Å². The lowest BCUT2D eigenvalue weighted by atomic mass is 10.00. The maximum absolute atomic E-state index is 13.7. The monoisotopic (exact) mass is 317 g/mol. The minimum absolute atomic E-state index is 0.309. The lowest BCUT2D eigenvalue weighted by Gasteiger charge is -2.18. The van der Waals surface area contributed by atoms with E-state index in [2.05, 4.69) is 5.32 Å². The molecule has 1 nitrogen and oxygen atoms in total. The molecule has 0 aliphatic carbocycles. The summed E-state index contributed by atoms with van der Waals surface area (Å²) in [6, 6.07) is 4.76. The highest BCUT2D eigenvalue weighted by Crippen LogP contribution is 2.35. The number of thiophene rings is 1. The molecule has 1 aromatic carbocycles. The Morgan fingerprint density at radius 1 is 1.24 bits per heavy atom. The molecule has 1 N–H and O–H groups in total. The third-order valence-electron chi connectivity index (χ3n) is 3.34. The van der Waals surface area contributed by atoms with E-state index in [0.29, 0.717) is 5.56 Å². The summed E-state index contributed by atoms with van der Waals surface area (Å²) in [5.41, 5.74) is 0.364. The van der Waals surface area contributed by atoms with Gasteiger partial charge >= 0.3 is 6.18 Å². The normalized spacial score (nSPS) is 13.4. The second-order valence-electron chi connectivity index (χ2n) is 4.62. The third kappa shape index (κ3) is 3.27. The Bertz CT molecular complexity index is 618. The maximum atomic E-state index is 13.7. The van der Waals surface area contributed by atoms with E-state index in [-0.39, 0.29) is 6.04 Å². The predicted molar refractivity (Wildman–Crippen MR) is 76.0 cm³/mol. The van der Waals surface area contributed by atoms with Gasteiger partial charge in [0, 0.05) is 4.88 Å². The molecule has 0 amide bonds. The van der Waals surface area contributed by atoms with Crippen LogP contribution in [0.4, 0.5) is 17.6 Å². The topological polar surface area (TPSA) is 12.0 Å². The van der Waals surface area contributed by atoms with Gasteiger partial charge in [0.15, 0.2) is 0 Å². The number of rotatable bonds is 4. The smallest absolute Gasteiger partial charge is 0.309 e. The molecule has 0 aliphatic rings. The van der Waals surface area contributed by atoms with Crippen LogP contribution in [0.15, 0.2) is 29.6 Å². The van der Waals surface area contributed by atoms with Crippen LogP contribution in [-0.2, 0) is 12.6 Å². The molecule has 0 fully saturated rings. The van der Waals surface area contributed by atoms with E-state index < -0.39 is 17.6 Å². The van der Waals surface area contributed by atoms with Crippen molar-refractivity contribution < 1.29 is 17.6 Å². The average Bonchev–Trinajstić information content (AvgIpc) is 2.86. The average molecular weight is 317 g/mol. The molecule has 0 spiro atoms. The fourth-order valence-corrected chi connectivity index (χ4v) is 3.42. The minimum Gasteiger partial charge on any atom is -0.309 e. The zero-order chi connectivity index (χ0) is 15.6. The molecular weight excluding hydrogens is 302 g/mol. The van der Waals surface area contributed by atoms with E-state index in [1.54, 1.807) is 7.05 Å². The molecule has 1 atom stereocenters. The van der Waals surface area contributed by atoms with Gasteiger partial charge in [0.05, 0.1) is 11.6 Å². The summed E-state index contributed by atoms with van der Waals surface area (Å²) in [5.74, 6) is -1.24. The zero-order valence-electron chi connectivity index (χ0n) is 11.6. The molecule has 1 unspecified atom stereocenters. The molecule has 1 aromatic heterocycles. The molecule has 0 radical (unpaired) electrons. The number of halogens is 4. The summed E-state index contributed by atoms with van der Waals surface area (Å²) in [4.78, 5) is 0.999. The maximum Gasteiger partial charge on any atom is 0.419 e. The fraction of sp³-hybridized carbons (Fsp3) is 0.333. The molecule has 0 aliphatic heterocycles. The van der Waals surface area contributed by atoms with E-state index in [0.717, 1.165) is 29.0 Å². The summed E-state index contributed by atoms with van der Waals surface area (Å²) < 4.78 is 51.5. The van der Waals surface area contributed by atoms with Gasteiger partial charge in [-0.15, -0.1) is 11.3 Å². The van der Waals surface area contributed by atoms with Crippen LogP contribution in [0.25, 0.3) is 0 Å². The molecule has 6 heteroatoms. The van der Waals surface area contributed by atoms with Crippen LogP contribution in [0.1, 0.15) is 34.5 Å². The quantitative estimate of drug-likeness (QED) is 0.800. The standard InChI is InChI=1S/C15H15F4NS/c1-3-9-6-7-21-14(9)13(20-2)10-4-5-11(12(16)8-10)15(17,18)19/h4-8,13,20H,3H2,1-2H3. The molecule has 0 bridgehead atoms. The van der Waals surface area contributed by atoms with Crippen LogP contribution < -0.4 is 5.32 Å². The molecule has 21 heavy (non-hydrogen) atoms. The number of benzene rings is 1. The second kappa shape index (κ2) is 6.15. The predicted octanol–water partition coefficient (Wildman–Crippen LogP) is 4.78. The van der Waals surface area contributed by atoms with Crippen molar-refractivity contribution in [3.8, 4) is 0 Å². The van der Waals surface area contributed by atoms with Crippen LogP contribution >= 0.6 is 11.3 Å². The largest absolute Gasteiger partial charge is 0.419 e. The van der Waals surface area contributed by atoms with Crippen LogP contribution in [-0.4, -0.2) is 7.05 Å². The van der Waals surface area contributed by atoms with E-state index in [1.165, 1.54) is 17.4 Å². The van der Waals surface area contributed by atoms with Crippen LogP contribution in [0, 0.1) is 5.82 Å². The molecule has 0 saturated carbocycles. The van der Waals surface area contributed by atoms with Gasteiger partial charge in [-0.05, 0) is 48.2 Å². The summed E-state index contributed by atoms with van der Waals surface area (Å²) in [5, 5.41) is 4.97. The highest BCUT2D eigenvalue weighted by Gasteiger charge is 2.34. The summed E-state index contributed by atoms with van der Waals surface area (Å²) in [6.45, 7) is 2.01. The number of aryl methyl sites for hydroxylation is 1. The van der Waals surface area contributed by atoms with Gasteiger partial charge in [0.1, 0.15) is 5.82 Å². The Balaban J connectivity index is 2.43. The summed E-state index contributed by atoms with van der Waals surface area (Å²) in [7, 11) is 1.71. The zero-order valence-corrected chi connectivity index (χ0v) is 12.4. The van der Waals surface area contributed by atoms with Gasteiger partial charge in [0.25, 0.3) is 0 Å². The van der Waals surface area contributed by atoms with Gasteiger partial charge < -0.3 is 5.32 Å². The fourth-order valence-electron chi connectivity index (χ4n) is 2.28. The van der Waals surface area contributed by atoms with E-state index in [4.69, 9.17) is 0 Å². The van der Waals surface area contributed by atoms with Crippen LogP contribution in [0.2, 0.25) is 0 Å². The summed E-state index contributed by atoms with van der Waals surface area (Å²) in [6.07, 6.45) is -3.85. The number of nitrogens with one attached hydrogen (secondary N) is 1. The van der Waals surface area contributed by atoms with E-state index >= 15 is 0 Å². The van der Waals surface area contributed by atoms with Gasteiger partial charge in [0.2, 0.25) is 0 Å². The Labute approximate surface area is 124 Å². The molecule has 0 saturated heterocycles. The molecular formula is C15H15F4NS. The SMILES string of the molecule is CCc1ccsc1C(NC)c1ccc(C(F)(F)F)c(F)c1. The molecule has 2 rings (SSSR count). The van der Waals surface area contributed by atoms with E-state index in [1.807, 2.05) is 18.4 Å². The van der Waals surface area contributed by atoms with Crippen molar-refractivity contribution in [3.63, 3.8) is 0 Å². The van der Waals surface area contributed by atoms with Crippen molar-refractivity contribution in [2.45, 2.75) is 25.6 Å². The first-order valence-electron chi connectivity index (χ1n) is 6.48. The second-order valence-corrected chi connectivity index (χ2v) is 5.57. The summed E-state index contributed by atoms with van der Waals surface area (Å²) >= 11 is 1.51. The first-order chi connectivity index (χ1) is 9.88. The van der Waals surface area contributed by atoms with Crippen molar-refractivity contribution >= 4 is 11.3 Å². The Kier molecular flexibility index (Phi) is 4.68. The van der Waals surface area contributed by atoms with Crippen LogP contribution in [0.3, 0.4) is 0 Å².